The van der Waals surface area contributed by atoms with E-state index in [1.165, 1.54) is 18.4 Å². The number of methoxy groups -OCH3 is 1. The Morgan fingerprint density at radius 1 is 1.07 bits per heavy atom. The zero-order chi connectivity index (χ0) is 18.8. The van der Waals surface area contributed by atoms with E-state index in [1.54, 1.807) is 13.2 Å². The van der Waals surface area contributed by atoms with Crippen LogP contribution in [0.25, 0.3) is 10.8 Å². The Bertz CT molecular complexity index is 979. The SMILES string of the molecule is COc1ccc2cc(C(NCC3CC3)c3cccc(C(N)=O)c3)ccc2c1. The van der Waals surface area contributed by atoms with Crippen LogP contribution in [0, 0.1) is 5.92 Å². The summed E-state index contributed by atoms with van der Waals surface area (Å²) in [6.07, 6.45) is 2.58. The predicted octanol–water partition coefficient (Wildman–Crippen LogP) is 4.04. The molecule has 1 aliphatic rings. The molecule has 3 aromatic rings. The Kier molecular flexibility index (Phi) is 4.82. The number of primary amides is 1. The average Bonchev–Trinajstić information content (AvgIpc) is 3.52. The van der Waals surface area contributed by atoms with E-state index in [-0.39, 0.29) is 6.04 Å². The molecule has 1 aliphatic carbocycles. The van der Waals surface area contributed by atoms with Gasteiger partial charge in [0.1, 0.15) is 5.75 Å². The van der Waals surface area contributed by atoms with Crippen LogP contribution in [0.15, 0.2) is 60.7 Å². The monoisotopic (exact) mass is 360 g/mol. The van der Waals surface area contributed by atoms with E-state index in [4.69, 9.17) is 10.5 Å². The summed E-state index contributed by atoms with van der Waals surface area (Å²) in [5.41, 5.74) is 8.25. The van der Waals surface area contributed by atoms with Crippen LogP contribution >= 0.6 is 0 Å². The van der Waals surface area contributed by atoms with Crippen molar-refractivity contribution < 1.29 is 9.53 Å². The predicted molar refractivity (Wildman–Crippen MR) is 108 cm³/mol. The number of rotatable bonds is 7. The Hall–Kier alpha value is -2.85. The summed E-state index contributed by atoms with van der Waals surface area (Å²) in [7, 11) is 1.68. The second kappa shape index (κ2) is 7.41. The molecule has 0 aromatic heterocycles. The molecule has 0 aliphatic heterocycles. The second-order valence-corrected chi connectivity index (χ2v) is 7.25. The third kappa shape index (κ3) is 3.96. The number of carbonyl (C=O) groups excluding carboxylic acids is 1. The first kappa shape index (κ1) is 17.6. The summed E-state index contributed by atoms with van der Waals surface area (Å²) in [4.78, 5) is 11.6. The molecule has 3 N–H and O–H groups in total. The molecule has 1 fully saturated rings. The highest BCUT2D eigenvalue weighted by Gasteiger charge is 2.24. The quantitative estimate of drug-likeness (QED) is 0.668. The smallest absolute Gasteiger partial charge is 0.248 e. The van der Waals surface area contributed by atoms with Crippen molar-refractivity contribution in [3.8, 4) is 5.75 Å². The first-order valence-electron chi connectivity index (χ1n) is 9.35. The standard InChI is InChI=1S/C23H24N2O2/c1-27-21-10-9-16-11-19(8-7-17(16)13-21)22(25-14-15-5-6-15)18-3-2-4-20(12-18)23(24)26/h2-4,7-13,15,22,25H,5-6,14H2,1H3,(H2,24,26). The van der Waals surface area contributed by atoms with E-state index in [0.717, 1.165) is 34.5 Å². The van der Waals surface area contributed by atoms with E-state index in [2.05, 4.69) is 35.6 Å². The Morgan fingerprint density at radius 3 is 2.56 bits per heavy atom. The molecule has 0 radical (unpaired) electrons. The minimum Gasteiger partial charge on any atom is -0.497 e. The molecular weight excluding hydrogens is 336 g/mol. The van der Waals surface area contributed by atoms with Gasteiger partial charge in [0.2, 0.25) is 5.91 Å². The topological polar surface area (TPSA) is 64.3 Å². The van der Waals surface area contributed by atoms with Crippen molar-refractivity contribution >= 4 is 16.7 Å². The molecule has 1 atom stereocenters. The van der Waals surface area contributed by atoms with Gasteiger partial charge in [-0.3, -0.25) is 4.79 Å². The summed E-state index contributed by atoms with van der Waals surface area (Å²) in [6.45, 7) is 0.978. The van der Waals surface area contributed by atoms with Crippen LogP contribution in [0.3, 0.4) is 0 Å². The molecule has 27 heavy (non-hydrogen) atoms. The van der Waals surface area contributed by atoms with Crippen molar-refractivity contribution in [1.82, 2.24) is 5.32 Å². The largest absolute Gasteiger partial charge is 0.497 e. The number of benzene rings is 3. The second-order valence-electron chi connectivity index (χ2n) is 7.25. The first-order valence-corrected chi connectivity index (χ1v) is 9.35. The van der Waals surface area contributed by atoms with Crippen LogP contribution < -0.4 is 15.8 Å². The number of fused-ring (bicyclic) bond motifs is 1. The lowest BCUT2D eigenvalue weighted by atomic mass is 9.94. The Morgan fingerprint density at radius 2 is 1.81 bits per heavy atom. The van der Waals surface area contributed by atoms with Crippen molar-refractivity contribution in [1.29, 1.82) is 0 Å². The molecule has 0 heterocycles. The maximum Gasteiger partial charge on any atom is 0.248 e. The molecular formula is C23H24N2O2. The van der Waals surface area contributed by atoms with Gasteiger partial charge in [0.15, 0.2) is 0 Å². The number of carbonyl (C=O) groups is 1. The zero-order valence-electron chi connectivity index (χ0n) is 15.4. The van der Waals surface area contributed by atoms with E-state index < -0.39 is 5.91 Å². The van der Waals surface area contributed by atoms with Gasteiger partial charge in [-0.05, 0) is 77.5 Å². The van der Waals surface area contributed by atoms with Crippen molar-refractivity contribution in [2.24, 2.45) is 11.7 Å². The number of nitrogens with one attached hydrogen (secondary N) is 1. The lowest BCUT2D eigenvalue weighted by Gasteiger charge is -2.21. The maximum absolute atomic E-state index is 11.6. The number of nitrogens with two attached hydrogens (primary N) is 1. The molecule has 0 spiro atoms. The highest BCUT2D eigenvalue weighted by Crippen LogP contribution is 2.31. The summed E-state index contributed by atoms with van der Waals surface area (Å²) in [6, 6.07) is 20.2. The van der Waals surface area contributed by atoms with Gasteiger partial charge in [-0.1, -0.05) is 30.3 Å². The number of hydrogen-bond donors (Lipinski definition) is 2. The van der Waals surface area contributed by atoms with Crippen molar-refractivity contribution in [2.45, 2.75) is 18.9 Å². The molecule has 4 nitrogen and oxygen atoms in total. The highest BCUT2D eigenvalue weighted by molar-refractivity contribution is 5.93. The van der Waals surface area contributed by atoms with Gasteiger partial charge in [0.25, 0.3) is 0 Å². The molecule has 1 unspecified atom stereocenters. The minimum absolute atomic E-state index is 0.0244. The minimum atomic E-state index is -0.400. The van der Waals surface area contributed by atoms with E-state index in [0.29, 0.717) is 5.56 Å². The fourth-order valence-electron chi connectivity index (χ4n) is 3.45. The van der Waals surface area contributed by atoms with Crippen molar-refractivity contribution in [3.05, 3.63) is 77.4 Å². The van der Waals surface area contributed by atoms with Crippen LogP contribution in [0.5, 0.6) is 5.75 Å². The van der Waals surface area contributed by atoms with E-state index in [1.807, 2.05) is 24.3 Å². The summed E-state index contributed by atoms with van der Waals surface area (Å²) < 4.78 is 5.32. The summed E-state index contributed by atoms with van der Waals surface area (Å²) in [5.74, 6) is 1.22. The van der Waals surface area contributed by atoms with Gasteiger partial charge in [0.05, 0.1) is 13.2 Å². The lowest BCUT2D eigenvalue weighted by Crippen LogP contribution is -2.25. The summed E-state index contributed by atoms with van der Waals surface area (Å²) in [5, 5.41) is 6.00. The maximum atomic E-state index is 11.6. The van der Waals surface area contributed by atoms with Crippen molar-refractivity contribution in [3.63, 3.8) is 0 Å². The van der Waals surface area contributed by atoms with Crippen LogP contribution in [0.4, 0.5) is 0 Å². The highest BCUT2D eigenvalue weighted by atomic mass is 16.5. The average molecular weight is 360 g/mol. The van der Waals surface area contributed by atoms with E-state index >= 15 is 0 Å². The molecule has 1 amide bonds. The van der Waals surface area contributed by atoms with Crippen LogP contribution in [-0.4, -0.2) is 19.6 Å². The van der Waals surface area contributed by atoms with Gasteiger partial charge in [-0.25, -0.2) is 0 Å². The Balaban J connectivity index is 1.72. The number of hydrogen-bond acceptors (Lipinski definition) is 3. The molecule has 4 rings (SSSR count). The normalized spacial score (nSPS) is 14.9. The van der Waals surface area contributed by atoms with Gasteiger partial charge >= 0.3 is 0 Å². The van der Waals surface area contributed by atoms with Crippen LogP contribution in [-0.2, 0) is 0 Å². The van der Waals surface area contributed by atoms with Gasteiger partial charge < -0.3 is 15.8 Å². The third-order valence-corrected chi connectivity index (χ3v) is 5.22. The van der Waals surface area contributed by atoms with E-state index in [9.17, 15) is 4.79 Å². The van der Waals surface area contributed by atoms with Gasteiger partial charge in [0, 0.05) is 5.56 Å². The molecule has 0 bridgehead atoms. The molecule has 0 saturated heterocycles. The summed E-state index contributed by atoms with van der Waals surface area (Å²) >= 11 is 0. The first-order chi connectivity index (χ1) is 13.1. The third-order valence-electron chi connectivity index (χ3n) is 5.22. The van der Waals surface area contributed by atoms with Gasteiger partial charge in [-0.2, -0.15) is 0 Å². The Labute approximate surface area is 159 Å². The lowest BCUT2D eigenvalue weighted by molar-refractivity contribution is 0.1000. The fraction of sp³-hybridized carbons (Fsp3) is 0.261. The number of ether oxygens (including phenoxy) is 1. The van der Waals surface area contributed by atoms with Crippen LogP contribution in [0.2, 0.25) is 0 Å². The molecule has 3 aromatic carbocycles. The van der Waals surface area contributed by atoms with Gasteiger partial charge in [-0.15, -0.1) is 0 Å². The van der Waals surface area contributed by atoms with Crippen molar-refractivity contribution in [2.75, 3.05) is 13.7 Å². The molecule has 138 valence electrons. The molecule has 1 saturated carbocycles. The molecule has 4 heteroatoms. The fourth-order valence-corrected chi connectivity index (χ4v) is 3.45. The number of amides is 1. The van der Waals surface area contributed by atoms with Crippen LogP contribution in [0.1, 0.15) is 40.4 Å². The zero-order valence-corrected chi connectivity index (χ0v) is 15.4.